The number of ether oxygens (including phenoxy) is 1. The molecule has 1 aliphatic rings. The summed E-state index contributed by atoms with van der Waals surface area (Å²) in [7, 11) is 1.71. The van der Waals surface area contributed by atoms with E-state index in [1.54, 1.807) is 7.11 Å². The quantitative estimate of drug-likeness (QED) is 0.670. The van der Waals surface area contributed by atoms with Crippen LogP contribution in [-0.4, -0.2) is 17.7 Å². The fourth-order valence-electron chi connectivity index (χ4n) is 2.01. The van der Waals surface area contributed by atoms with E-state index in [-0.39, 0.29) is 5.60 Å². The maximum Gasteiger partial charge on any atom is 0.118 e. The summed E-state index contributed by atoms with van der Waals surface area (Å²) >= 11 is 5.03. The van der Waals surface area contributed by atoms with E-state index in [4.69, 9.17) is 22.7 Å². The van der Waals surface area contributed by atoms with Crippen molar-refractivity contribution in [2.75, 3.05) is 7.11 Å². The van der Waals surface area contributed by atoms with Crippen molar-refractivity contribution in [1.29, 1.82) is 0 Å². The molecule has 1 rings (SSSR count). The summed E-state index contributed by atoms with van der Waals surface area (Å²) in [6.45, 7) is 2.23. The summed E-state index contributed by atoms with van der Waals surface area (Å²) in [5, 5.41) is 0. The van der Waals surface area contributed by atoms with Crippen LogP contribution < -0.4 is 5.73 Å². The third kappa shape index (κ3) is 1.77. The van der Waals surface area contributed by atoms with Gasteiger partial charge in [-0.25, -0.2) is 0 Å². The molecule has 1 fully saturated rings. The first kappa shape index (κ1) is 9.93. The average molecular weight is 187 g/mol. The number of rotatable bonds is 2. The molecular weight excluding hydrogens is 170 g/mol. The maximum atomic E-state index is 5.68. The topological polar surface area (TPSA) is 35.2 Å². The lowest BCUT2D eigenvalue weighted by Gasteiger charge is -2.37. The first-order valence-corrected chi connectivity index (χ1v) is 4.86. The fourth-order valence-corrected chi connectivity index (χ4v) is 2.28. The van der Waals surface area contributed by atoms with Gasteiger partial charge in [0.25, 0.3) is 0 Å². The van der Waals surface area contributed by atoms with Crippen LogP contribution in [0, 0.1) is 5.92 Å². The van der Waals surface area contributed by atoms with Gasteiger partial charge in [-0.3, -0.25) is 0 Å². The normalized spacial score (nSPS) is 36.3. The van der Waals surface area contributed by atoms with E-state index >= 15 is 0 Å². The van der Waals surface area contributed by atoms with Gasteiger partial charge in [-0.15, -0.1) is 0 Å². The summed E-state index contributed by atoms with van der Waals surface area (Å²) < 4.78 is 5.44. The molecule has 2 atom stereocenters. The Kier molecular flexibility index (Phi) is 3.07. The molecule has 0 aliphatic heterocycles. The predicted molar refractivity (Wildman–Crippen MR) is 54.2 cm³/mol. The summed E-state index contributed by atoms with van der Waals surface area (Å²) in [4.78, 5) is 0.525. The second-order valence-corrected chi connectivity index (χ2v) is 4.20. The second-order valence-electron chi connectivity index (χ2n) is 3.76. The van der Waals surface area contributed by atoms with Crippen molar-refractivity contribution in [2.24, 2.45) is 11.7 Å². The van der Waals surface area contributed by atoms with Crippen molar-refractivity contribution in [1.82, 2.24) is 0 Å². The molecule has 0 spiro atoms. The molecule has 0 heterocycles. The Bertz CT molecular complexity index is 183. The lowest BCUT2D eigenvalue weighted by atomic mass is 9.79. The molecule has 3 heteroatoms. The first-order chi connectivity index (χ1) is 5.60. The maximum absolute atomic E-state index is 5.68. The molecule has 0 saturated heterocycles. The molecule has 0 radical (unpaired) electrons. The minimum atomic E-state index is -0.299. The van der Waals surface area contributed by atoms with Crippen molar-refractivity contribution in [2.45, 2.75) is 38.2 Å². The molecule has 0 amide bonds. The average Bonchev–Trinajstić information content (AvgIpc) is 2.04. The Morgan fingerprint density at radius 3 is 2.67 bits per heavy atom. The highest BCUT2D eigenvalue weighted by atomic mass is 32.1. The minimum absolute atomic E-state index is 0.299. The van der Waals surface area contributed by atoms with Crippen molar-refractivity contribution in [3.8, 4) is 0 Å². The van der Waals surface area contributed by atoms with Crippen LogP contribution in [-0.2, 0) is 4.74 Å². The summed E-state index contributed by atoms with van der Waals surface area (Å²) in [6.07, 6.45) is 4.42. The Labute approximate surface area is 79.5 Å². The monoisotopic (exact) mass is 187 g/mol. The third-order valence-corrected chi connectivity index (χ3v) is 3.17. The highest BCUT2D eigenvalue weighted by molar-refractivity contribution is 7.80. The Morgan fingerprint density at radius 1 is 1.67 bits per heavy atom. The minimum Gasteiger partial charge on any atom is -0.391 e. The van der Waals surface area contributed by atoms with Crippen LogP contribution in [0.25, 0.3) is 0 Å². The standard InChI is InChI=1S/C9H17NOS/c1-7-4-3-5-9(6-7,11-2)8(10)12/h7H,3-6H2,1-2H3,(H2,10,12). The van der Waals surface area contributed by atoms with Crippen molar-refractivity contribution >= 4 is 17.2 Å². The largest absolute Gasteiger partial charge is 0.391 e. The van der Waals surface area contributed by atoms with Gasteiger partial charge in [0.1, 0.15) is 10.6 Å². The SMILES string of the molecule is COC1(C(N)=S)CCCC(C)C1. The van der Waals surface area contributed by atoms with Gasteiger partial charge in [0.2, 0.25) is 0 Å². The summed E-state index contributed by atoms with van der Waals surface area (Å²) in [5.41, 5.74) is 5.38. The zero-order valence-corrected chi connectivity index (χ0v) is 8.62. The Balaban J connectivity index is 2.71. The van der Waals surface area contributed by atoms with Crippen molar-refractivity contribution in [3.05, 3.63) is 0 Å². The van der Waals surface area contributed by atoms with Gasteiger partial charge in [-0.2, -0.15) is 0 Å². The summed E-state index contributed by atoms with van der Waals surface area (Å²) in [5.74, 6) is 0.681. The molecule has 2 nitrogen and oxygen atoms in total. The zero-order valence-electron chi connectivity index (χ0n) is 7.80. The van der Waals surface area contributed by atoms with Crippen molar-refractivity contribution in [3.63, 3.8) is 0 Å². The van der Waals surface area contributed by atoms with Crippen molar-refractivity contribution < 1.29 is 4.74 Å². The highest BCUT2D eigenvalue weighted by Gasteiger charge is 2.37. The smallest absolute Gasteiger partial charge is 0.118 e. The lowest BCUT2D eigenvalue weighted by Crippen LogP contribution is -2.47. The number of thiocarbonyl (C=S) groups is 1. The van der Waals surface area contributed by atoms with E-state index < -0.39 is 0 Å². The molecule has 1 aliphatic carbocycles. The molecule has 1 saturated carbocycles. The van der Waals surface area contributed by atoms with E-state index in [0.717, 1.165) is 12.8 Å². The first-order valence-electron chi connectivity index (χ1n) is 4.46. The van der Waals surface area contributed by atoms with Crippen LogP contribution in [0.5, 0.6) is 0 Å². The van der Waals surface area contributed by atoms with E-state index in [1.165, 1.54) is 12.8 Å². The van der Waals surface area contributed by atoms with Gasteiger partial charge in [0, 0.05) is 7.11 Å². The molecule has 2 unspecified atom stereocenters. The molecule has 0 aromatic heterocycles. The number of hydrogen-bond acceptors (Lipinski definition) is 2. The molecule has 2 N–H and O–H groups in total. The van der Waals surface area contributed by atoms with Crippen LogP contribution in [0.1, 0.15) is 32.6 Å². The summed E-state index contributed by atoms with van der Waals surface area (Å²) in [6, 6.07) is 0. The van der Waals surface area contributed by atoms with Gasteiger partial charge in [0.15, 0.2) is 0 Å². The molecular formula is C9H17NOS. The zero-order chi connectivity index (χ0) is 9.19. The van der Waals surface area contributed by atoms with Gasteiger partial charge in [-0.05, 0) is 25.2 Å². The van der Waals surface area contributed by atoms with Gasteiger partial charge < -0.3 is 10.5 Å². The van der Waals surface area contributed by atoms with Crippen LogP contribution in [0.3, 0.4) is 0 Å². The van der Waals surface area contributed by atoms with Crippen LogP contribution >= 0.6 is 12.2 Å². The van der Waals surface area contributed by atoms with Gasteiger partial charge in [-0.1, -0.05) is 25.6 Å². The van der Waals surface area contributed by atoms with E-state index in [0.29, 0.717) is 10.9 Å². The van der Waals surface area contributed by atoms with Crippen LogP contribution in [0.15, 0.2) is 0 Å². The molecule has 70 valence electrons. The molecule has 0 aromatic rings. The van der Waals surface area contributed by atoms with Crippen LogP contribution in [0.4, 0.5) is 0 Å². The third-order valence-electron chi connectivity index (χ3n) is 2.80. The van der Waals surface area contributed by atoms with Gasteiger partial charge >= 0.3 is 0 Å². The second kappa shape index (κ2) is 3.71. The number of methoxy groups -OCH3 is 1. The number of nitrogens with two attached hydrogens (primary N) is 1. The number of hydrogen-bond donors (Lipinski definition) is 1. The van der Waals surface area contributed by atoms with Crippen LogP contribution in [0.2, 0.25) is 0 Å². The lowest BCUT2D eigenvalue weighted by molar-refractivity contribution is 0.00514. The fraction of sp³-hybridized carbons (Fsp3) is 0.889. The molecule has 0 aromatic carbocycles. The van der Waals surface area contributed by atoms with E-state index in [1.807, 2.05) is 0 Å². The molecule has 12 heavy (non-hydrogen) atoms. The Hall–Kier alpha value is -0.150. The van der Waals surface area contributed by atoms with Gasteiger partial charge in [0.05, 0.1) is 0 Å². The van der Waals surface area contributed by atoms with E-state index in [2.05, 4.69) is 6.92 Å². The van der Waals surface area contributed by atoms with E-state index in [9.17, 15) is 0 Å². The Morgan fingerprint density at radius 2 is 2.33 bits per heavy atom. The highest BCUT2D eigenvalue weighted by Crippen LogP contribution is 2.34. The molecule has 0 bridgehead atoms. The predicted octanol–water partition coefficient (Wildman–Crippen LogP) is 1.87.